The highest BCUT2D eigenvalue weighted by Crippen LogP contribution is 2.30. The molecule has 1 aliphatic heterocycles. The van der Waals surface area contributed by atoms with E-state index in [0.717, 1.165) is 21.0 Å². The van der Waals surface area contributed by atoms with E-state index < -0.39 is 31.9 Å². The van der Waals surface area contributed by atoms with Crippen molar-refractivity contribution in [1.29, 1.82) is 0 Å². The monoisotopic (exact) mass is 422 g/mol. The molecule has 1 atom stereocenters. The summed E-state index contributed by atoms with van der Waals surface area (Å²) in [4.78, 5) is 12.1. The Morgan fingerprint density at radius 2 is 1.57 bits per heavy atom. The summed E-state index contributed by atoms with van der Waals surface area (Å²) in [5.74, 6) is -1.39. The maximum Gasteiger partial charge on any atom is 0.261 e. The molecule has 1 heterocycles. The van der Waals surface area contributed by atoms with Crippen molar-refractivity contribution in [1.82, 2.24) is 0 Å². The van der Waals surface area contributed by atoms with Crippen LogP contribution in [-0.2, 0) is 24.8 Å². The summed E-state index contributed by atoms with van der Waals surface area (Å²) in [5, 5.41) is 0. The number of carbonyl (C=O) groups excluding carboxylic acids is 1. The van der Waals surface area contributed by atoms with Crippen LogP contribution in [0.1, 0.15) is 23.6 Å². The third-order valence-corrected chi connectivity index (χ3v) is 7.89. The van der Waals surface area contributed by atoms with Gasteiger partial charge in [0.1, 0.15) is 0 Å². The van der Waals surface area contributed by atoms with E-state index in [1.807, 2.05) is 32.9 Å². The summed E-state index contributed by atoms with van der Waals surface area (Å²) in [7, 11) is -7.60. The topological polar surface area (TPSA) is 101 Å². The summed E-state index contributed by atoms with van der Waals surface area (Å²) >= 11 is 0. The smallest absolute Gasteiger partial charge is 0.261 e. The van der Waals surface area contributed by atoms with Crippen molar-refractivity contribution in [2.24, 2.45) is 5.92 Å². The van der Waals surface area contributed by atoms with Crippen LogP contribution < -0.4 is 9.03 Å². The van der Waals surface area contributed by atoms with Gasteiger partial charge < -0.3 is 0 Å². The lowest BCUT2D eigenvalue weighted by Crippen LogP contribution is -2.30. The molecule has 28 heavy (non-hydrogen) atoms. The molecule has 0 saturated carbocycles. The maximum absolute atomic E-state index is 12.8. The van der Waals surface area contributed by atoms with Gasteiger partial charge in [0, 0.05) is 0 Å². The van der Waals surface area contributed by atoms with Crippen molar-refractivity contribution < 1.29 is 21.6 Å². The van der Waals surface area contributed by atoms with E-state index in [0.29, 0.717) is 5.69 Å². The number of sulfonamides is 2. The lowest BCUT2D eigenvalue weighted by Gasteiger charge is -2.17. The molecule has 2 aromatic rings. The van der Waals surface area contributed by atoms with Crippen molar-refractivity contribution in [2.75, 3.05) is 14.8 Å². The Labute approximate surface area is 165 Å². The summed E-state index contributed by atoms with van der Waals surface area (Å²) < 4.78 is 53.2. The van der Waals surface area contributed by atoms with Crippen LogP contribution in [0, 0.1) is 26.7 Å². The first-order valence-corrected chi connectivity index (χ1v) is 11.8. The zero-order valence-corrected chi connectivity index (χ0v) is 17.7. The Bertz CT molecular complexity index is 1130. The number of aryl methyl sites for hydroxylation is 3. The van der Waals surface area contributed by atoms with Gasteiger partial charge in [-0.15, -0.1) is 0 Å². The normalized spacial score (nSPS) is 19.1. The molecule has 0 radical (unpaired) electrons. The molecule has 1 N–H and O–H groups in total. The third kappa shape index (κ3) is 3.64. The van der Waals surface area contributed by atoms with Gasteiger partial charge in [0.2, 0.25) is 15.9 Å². The van der Waals surface area contributed by atoms with E-state index in [2.05, 4.69) is 4.72 Å². The highest BCUT2D eigenvalue weighted by atomic mass is 32.2. The molecule has 7 nitrogen and oxygen atoms in total. The van der Waals surface area contributed by atoms with Gasteiger partial charge in [-0.05, 0) is 56.2 Å². The first kappa shape index (κ1) is 20.3. The van der Waals surface area contributed by atoms with Gasteiger partial charge in [-0.2, -0.15) is 0 Å². The van der Waals surface area contributed by atoms with Gasteiger partial charge in [-0.25, -0.2) is 21.1 Å². The molecule has 3 rings (SSSR count). The maximum atomic E-state index is 12.8. The highest BCUT2D eigenvalue weighted by Gasteiger charge is 2.42. The Morgan fingerprint density at radius 3 is 2.04 bits per heavy atom. The average molecular weight is 423 g/mol. The lowest BCUT2D eigenvalue weighted by atomic mass is 10.1. The molecule has 1 saturated heterocycles. The van der Waals surface area contributed by atoms with Gasteiger partial charge in [0.15, 0.2) is 0 Å². The van der Waals surface area contributed by atoms with Crippen LogP contribution in [0.2, 0.25) is 0 Å². The number of amides is 1. The molecule has 0 spiro atoms. The second-order valence-corrected chi connectivity index (χ2v) is 10.7. The summed E-state index contributed by atoms with van der Waals surface area (Å²) in [6.07, 6.45) is 0. The summed E-state index contributed by atoms with van der Waals surface area (Å²) in [6.45, 7) is 7.14. The molecule has 0 unspecified atom stereocenters. The van der Waals surface area contributed by atoms with Crippen LogP contribution in [0.15, 0.2) is 41.3 Å². The van der Waals surface area contributed by atoms with Crippen LogP contribution in [0.25, 0.3) is 0 Å². The summed E-state index contributed by atoms with van der Waals surface area (Å²) in [5.41, 5.74) is 3.30. The quantitative estimate of drug-likeness (QED) is 0.816. The predicted molar refractivity (Wildman–Crippen MR) is 108 cm³/mol. The Hall–Kier alpha value is -2.39. The van der Waals surface area contributed by atoms with Gasteiger partial charge in [-0.3, -0.25) is 9.52 Å². The minimum Gasteiger partial charge on any atom is -0.279 e. The second-order valence-electron chi connectivity index (χ2n) is 7.16. The number of rotatable bonds is 4. The van der Waals surface area contributed by atoms with E-state index >= 15 is 0 Å². The first-order chi connectivity index (χ1) is 12.9. The van der Waals surface area contributed by atoms with Crippen molar-refractivity contribution in [3.05, 3.63) is 53.1 Å². The average Bonchev–Trinajstić information content (AvgIpc) is 2.78. The zero-order valence-electron chi connectivity index (χ0n) is 16.1. The van der Waals surface area contributed by atoms with Gasteiger partial charge in [-0.1, -0.05) is 24.6 Å². The van der Waals surface area contributed by atoms with Crippen molar-refractivity contribution in [3.8, 4) is 0 Å². The third-order valence-electron chi connectivity index (χ3n) is 4.66. The van der Waals surface area contributed by atoms with Gasteiger partial charge in [0.05, 0.1) is 27.9 Å². The van der Waals surface area contributed by atoms with Crippen LogP contribution in [0.3, 0.4) is 0 Å². The van der Waals surface area contributed by atoms with Crippen LogP contribution in [0.5, 0.6) is 0 Å². The van der Waals surface area contributed by atoms with E-state index in [9.17, 15) is 21.6 Å². The minimum absolute atomic E-state index is 0.0206. The number of carbonyl (C=O) groups is 1. The molecule has 2 aromatic carbocycles. The molecule has 0 bridgehead atoms. The Balaban J connectivity index is 1.92. The fraction of sp³-hybridized carbons (Fsp3) is 0.316. The molecule has 0 aliphatic carbocycles. The molecule has 1 amide bonds. The molecule has 1 aliphatic rings. The number of hydrogen-bond donors (Lipinski definition) is 1. The van der Waals surface area contributed by atoms with E-state index in [-0.39, 0.29) is 16.3 Å². The largest absolute Gasteiger partial charge is 0.279 e. The molecule has 150 valence electrons. The second kappa shape index (κ2) is 6.89. The van der Waals surface area contributed by atoms with Crippen LogP contribution >= 0.6 is 0 Å². The fourth-order valence-corrected chi connectivity index (χ4v) is 6.41. The van der Waals surface area contributed by atoms with Gasteiger partial charge in [0.25, 0.3) is 10.0 Å². The first-order valence-electron chi connectivity index (χ1n) is 8.70. The standard InChI is InChI=1S/C19H22N2O5S2/c1-12-9-13(2)18(14(3)10-12)20-28(25,26)17-7-5-16(6-8-17)21-19(22)15(4)11-27(21,23)24/h5-10,15,20H,11H2,1-4H3/t15-/m0/s1. The molecule has 0 aromatic heterocycles. The van der Waals surface area contributed by atoms with E-state index in [1.165, 1.54) is 24.3 Å². The Kier molecular flexibility index (Phi) is 5.01. The zero-order chi connectivity index (χ0) is 20.9. The Morgan fingerprint density at radius 1 is 1.04 bits per heavy atom. The van der Waals surface area contributed by atoms with Crippen LogP contribution in [-0.4, -0.2) is 28.5 Å². The van der Waals surface area contributed by atoms with Crippen LogP contribution in [0.4, 0.5) is 11.4 Å². The summed E-state index contributed by atoms with van der Waals surface area (Å²) in [6, 6.07) is 9.02. The SMILES string of the molecule is Cc1cc(C)c(NS(=O)(=O)c2ccc(N3C(=O)[C@@H](C)CS3(=O)=O)cc2)c(C)c1. The van der Waals surface area contributed by atoms with Crippen molar-refractivity contribution in [3.63, 3.8) is 0 Å². The van der Waals surface area contributed by atoms with Crippen molar-refractivity contribution >= 4 is 37.3 Å². The number of benzene rings is 2. The molecular formula is C19H22N2O5S2. The predicted octanol–water partition coefficient (Wildman–Crippen LogP) is 2.73. The molecular weight excluding hydrogens is 400 g/mol. The number of anilines is 2. The number of hydrogen-bond acceptors (Lipinski definition) is 5. The fourth-order valence-electron chi connectivity index (χ4n) is 3.38. The lowest BCUT2D eigenvalue weighted by molar-refractivity contribution is -0.119. The van der Waals surface area contributed by atoms with E-state index in [4.69, 9.17) is 0 Å². The van der Waals surface area contributed by atoms with E-state index in [1.54, 1.807) is 6.92 Å². The van der Waals surface area contributed by atoms with Gasteiger partial charge >= 0.3 is 0 Å². The molecule has 1 fully saturated rings. The highest BCUT2D eigenvalue weighted by molar-refractivity contribution is 7.94. The minimum atomic E-state index is -3.87. The number of nitrogens with one attached hydrogen (secondary N) is 1. The number of nitrogens with zero attached hydrogens (tertiary/aromatic N) is 1. The molecule has 9 heteroatoms. The van der Waals surface area contributed by atoms with Crippen molar-refractivity contribution in [2.45, 2.75) is 32.6 Å².